The molecule has 2 N–H and O–H groups in total. The Labute approximate surface area is 141 Å². The number of hydrogen-bond donors (Lipinski definition) is 2. The molecular weight excluding hydrogens is 304 g/mol. The molecule has 0 unspecified atom stereocenters. The zero-order valence-corrected chi connectivity index (χ0v) is 13.8. The average Bonchev–Trinajstić information content (AvgIpc) is 3.10. The van der Waals surface area contributed by atoms with Gasteiger partial charge in [-0.3, -0.25) is 4.79 Å². The Morgan fingerprint density at radius 3 is 2.67 bits per heavy atom. The van der Waals surface area contributed by atoms with Gasteiger partial charge in [-0.2, -0.15) is 0 Å². The van der Waals surface area contributed by atoms with Crippen molar-refractivity contribution in [3.8, 4) is 5.75 Å². The molecule has 0 atom stereocenters. The molecule has 1 amide bonds. The van der Waals surface area contributed by atoms with Gasteiger partial charge in [0.1, 0.15) is 23.6 Å². The third-order valence-electron chi connectivity index (χ3n) is 4.03. The van der Waals surface area contributed by atoms with Crippen LogP contribution in [0.25, 0.3) is 0 Å². The van der Waals surface area contributed by atoms with E-state index in [4.69, 9.17) is 4.74 Å². The number of carbonyl (C=O) groups excluding carboxylic acids is 1. The fraction of sp³-hybridized carbons (Fsp3) is 0.389. The second-order valence-electron chi connectivity index (χ2n) is 5.83. The van der Waals surface area contributed by atoms with E-state index >= 15 is 0 Å². The number of carbonyl (C=O) groups is 1. The van der Waals surface area contributed by atoms with Crippen molar-refractivity contribution in [3.05, 3.63) is 42.4 Å². The minimum atomic E-state index is -0.140. The molecule has 0 bridgehead atoms. The lowest BCUT2D eigenvalue weighted by Gasteiger charge is -2.12. The predicted molar refractivity (Wildman–Crippen MR) is 92.6 cm³/mol. The molecule has 1 aliphatic carbocycles. The van der Waals surface area contributed by atoms with Gasteiger partial charge in [0.2, 0.25) is 0 Å². The summed E-state index contributed by atoms with van der Waals surface area (Å²) < 4.78 is 5.42. The minimum absolute atomic E-state index is 0.140. The van der Waals surface area contributed by atoms with Gasteiger partial charge in [0.15, 0.2) is 0 Å². The summed E-state index contributed by atoms with van der Waals surface area (Å²) in [6.07, 6.45) is 5.86. The fourth-order valence-corrected chi connectivity index (χ4v) is 2.83. The lowest BCUT2D eigenvalue weighted by atomic mass is 10.2. The van der Waals surface area contributed by atoms with Crippen molar-refractivity contribution >= 4 is 17.4 Å². The molecule has 1 aromatic carbocycles. The van der Waals surface area contributed by atoms with E-state index in [-0.39, 0.29) is 11.9 Å². The number of aromatic nitrogens is 2. The van der Waals surface area contributed by atoms with Crippen LogP contribution in [0.15, 0.2) is 36.7 Å². The number of rotatable bonds is 6. The van der Waals surface area contributed by atoms with E-state index in [1.165, 1.54) is 19.2 Å². The maximum atomic E-state index is 12.3. The Hall–Kier alpha value is -2.63. The first-order valence-electron chi connectivity index (χ1n) is 8.37. The van der Waals surface area contributed by atoms with Gasteiger partial charge in [0.25, 0.3) is 5.91 Å². The van der Waals surface area contributed by atoms with Crippen LogP contribution in [0.5, 0.6) is 5.75 Å². The molecule has 126 valence electrons. The molecule has 6 heteroatoms. The number of nitrogens with zero attached hydrogens (tertiary/aromatic N) is 2. The quantitative estimate of drug-likeness (QED) is 0.852. The number of amides is 1. The van der Waals surface area contributed by atoms with Crippen LogP contribution in [0.2, 0.25) is 0 Å². The summed E-state index contributed by atoms with van der Waals surface area (Å²) in [5, 5.41) is 6.21. The van der Waals surface area contributed by atoms with E-state index in [1.807, 2.05) is 31.2 Å². The molecule has 0 spiro atoms. The van der Waals surface area contributed by atoms with Gasteiger partial charge >= 0.3 is 0 Å². The fourth-order valence-electron chi connectivity index (χ4n) is 2.83. The maximum Gasteiger partial charge on any atom is 0.270 e. The van der Waals surface area contributed by atoms with E-state index in [2.05, 4.69) is 20.6 Å². The normalized spacial score (nSPS) is 14.4. The highest BCUT2D eigenvalue weighted by Crippen LogP contribution is 2.20. The van der Waals surface area contributed by atoms with E-state index in [0.717, 1.165) is 24.3 Å². The van der Waals surface area contributed by atoms with E-state index in [1.54, 1.807) is 6.07 Å². The molecule has 3 rings (SSSR count). The Morgan fingerprint density at radius 2 is 1.96 bits per heavy atom. The van der Waals surface area contributed by atoms with Gasteiger partial charge < -0.3 is 15.4 Å². The number of hydrogen-bond acceptors (Lipinski definition) is 5. The molecule has 24 heavy (non-hydrogen) atoms. The smallest absolute Gasteiger partial charge is 0.270 e. The first-order valence-corrected chi connectivity index (χ1v) is 8.37. The van der Waals surface area contributed by atoms with E-state index in [0.29, 0.717) is 18.1 Å². The van der Waals surface area contributed by atoms with Crippen molar-refractivity contribution in [1.82, 2.24) is 15.3 Å². The highest BCUT2D eigenvalue weighted by molar-refractivity contribution is 5.93. The van der Waals surface area contributed by atoms with Crippen molar-refractivity contribution in [3.63, 3.8) is 0 Å². The first-order chi connectivity index (χ1) is 11.7. The van der Waals surface area contributed by atoms with Gasteiger partial charge in [-0.15, -0.1) is 0 Å². The third kappa shape index (κ3) is 4.22. The second kappa shape index (κ2) is 7.77. The molecule has 0 aliphatic heterocycles. The molecule has 1 fully saturated rings. The van der Waals surface area contributed by atoms with Crippen LogP contribution in [0.1, 0.15) is 43.1 Å². The topological polar surface area (TPSA) is 76.1 Å². The SMILES string of the molecule is CCOc1ccc(Nc2cc(C(=O)NC3CCCC3)ncn2)cc1. The van der Waals surface area contributed by atoms with Crippen molar-refractivity contribution in [2.24, 2.45) is 0 Å². The number of anilines is 2. The minimum Gasteiger partial charge on any atom is -0.494 e. The van der Waals surface area contributed by atoms with Crippen LogP contribution in [0.3, 0.4) is 0 Å². The zero-order valence-electron chi connectivity index (χ0n) is 13.8. The number of ether oxygens (including phenoxy) is 1. The van der Waals surface area contributed by atoms with Crippen molar-refractivity contribution in [2.75, 3.05) is 11.9 Å². The van der Waals surface area contributed by atoms with Crippen molar-refractivity contribution < 1.29 is 9.53 Å². The summed E-state index contributed by atoms with van der Waals surface area (Å²) in [4.78, 5) is 20.5. The molecule has 0 radical (unpaired) electrons. The van der Waals surface area contributed by atoms with Gasteiger partial charge in [-0.1, -0.05) is 12.8 Å². The third-order valence-corrected chi connectivity index (χ3v) is 4.03. The Balaban J connectivity index is 1.64. The first kappa shape index (κ1) is 16.2. The molecule has 1 aromatic heterocycles. The average molecular weight is 326 g/mol. The van der Waals surface area contributed by atoms with Gasteiger partial charge in [0, 0.05) is 17.8 Å². The lowest BCUT2D eigenvalue weighted by Crippen LogP contribution is -2.33. The summed E-state index contributed by atoms with van der Waals surface area (Å²) in [7, 11) is 0. The molecule has 1 heterocycles. The maximum absolute atomic E-state index is 12.3. The summed E-state index contributed by atoms with van der Waals surface area (Å²) >= 11 is 0. The summed E-state index contributed by atoms with van der Waals surface area (Å²) in [5.74, 6) is 1.27. The number of benzene rings is 1. The highest BCUT2D eigenvalue weighted by atomic mass is 16.5. The Bertz CT molecular complexity index is 682. The van der Waals surface area contributed by atoms with Crippen LogP contribution < -0.4 is 15.4 Å². The van der Waals surface area contributed by atoms with Crippen molar-refractivity contribution in [2.45, 2.75) is 38.6 Å². The molecule has 2 aromatic rings. The summed E-state index contributed by atoms with van der Waals surface area (Å²) in [5.41, 5.74) is 1.25. The van der Waals surface area contributed by atoms with Crippen LogP contribution in [0, 0.1) is 0 Å². The Kier molecular flexibility index (Phi) is 5.25. The van der Waals surface area contributed by atoms with Crippen LogP contribution in [-0.4, -0.2) is 28.5 Å². The molecule has 1 aliphatic rings. The largest absolute Gasteiger partial charge is 0.494 e. The zero-order chi connectivity index (χ0) is 16.8. The van der Waals surface area contributed by atoms with E-state index in [9.17, 15) is 4.79 Å². The van der Waals surface area contributed by atoms with Crippen LogP contribution in [0.4, 0.5) is 11.5 Å². The molecular formula is C18H22N4O2. The molecule has 1 saturated carbocycles. The van der Waals surface area contributed by atoms with Gasteiger partial charge in [0.05, 0.1) is 6.61 Å². The van der Waals surface area contributed by atoms with Gasteiger partial charge in [-0.05, 0) is 44.0 Å². The monoisotopic (exact) mass is 326 g/mol. The molecule has 6 nitrogen and oxygen atoms in total. The summed E-state index contributed by atoms with van der Waals surface area (Å²) in [6.45, 7) is 2.59. The van der Waals surface area contributed by atoms with E-state index < -0.39 is 0 Å². The molecule has 0 saturated heterocycles. The highest BCUT2D eigenvalue weighted by Gasteiger charge is 2.18. The van der Waals surface area contributed by atoms with Gasteiger partial charge in [-0.25, -0.2) is 9.97 Å². The van der Waals surface area contributed by atoms with Crippen LogP contribution in [-0.2, 0) is 0 Å². The van der Waals surface area contributed by atoms with Crippen LogP contribution >= 0.6 is 0 Å². The second-order valence-corrected chi connectivity index (χ2v) is 5.83. The van der Waals surface area contributed by atoms with Crippen molar-refractivity contribution in [1.29, 1.82) is 0 Å². The number of nitrogens with one attached hydrogen (secondary N) is 2. The summed E-state index contributed by atoms with van der Waals surface area (Å²) in [6, 6.07) is 9.54. The Morgan fingerprint density at radius 1 is 1.21 bits per heavy atom. The lowest BCUT2D eigenvalue weighted by molar-refractivity contribution is 0.0932. The predicted octanol–water partition coefficient (Wildman–Crippen LogP) is 3.29. The standard InChI is InChI=1S/C18H22N4O2/c1-2-24-15-9-7-14(8-10-15)21-17-11-16(19-12-20-17)18(23)22-13-5-3-4-6-13/h7-13H,2-6H2,1H3,(H,22,23)(H,19,20,21).